The molecule has 2 heterocycles. The van der Waals surface area contributed by atoms with Gasteiger partial charge in [-0.3, -0.25) is 0 Å². The lowest BCUT2D eigenvalue weighted by atomic mass is 9.90. The van der Waals surface area contributed by atoms with Crippen LogP contribution in [0.3, 0.4) is 0 Å². The smallest absolute Gasteiger partial charge is 0.0977 e. The zero-order valence-electron chi connectivity index (χ0n) is 14.9. The highest BCUT2D eigenvalue weighted by Gasteiger charge is 2.50. The Labute approximate surface area is 140 Å². The summed E-state index contributed by atoms with van der Waals surface area (Å²) in [5.74, 6) is 0. The molecule has 0 radical (unpaired) electrons. The van der Waals surface area contributed by atoms with Gasteiger partial charge in [0.25, 0.3) is 0 Å². The highest BCUT2D eigenvalue weighted by molar-refractivity contribution is 5.28. The maximum Gasteiger partial charge on any atom is 0.0977 e. The van der Waals surface area contributed by atoms with Crippen molar-refractivity contribution in [3.8, 4) is 0 Å². The van der Waals surface area contributed by atoms with Crippen LogP contribution >= 0.6 is 0 Å². The van der Waals surface area contributed by atoms with E-state index >= 15 is 0 Å². The van der Waals surface area contributed by atoms with Crippen LogP contribution in [0.2, 0.25) is 0 Å². The summed E-state index contributed by atoms with van der Waals surface area (Å²) in [7, 11) is 0. The van der Waals surface area contributed by atoms with Gasteiger partial charge >= 0.3 is 0 Å². The summed E-state index contributed by atoms with van der Waals surface area (Å²) in [6.07, 6.45) is 11.3. The van der Waals surface area contributed by atoms with E-state index in [1.807, 2.05) is 13.0 Å². The van der Waals surface area contributed by atoms with Gasteiger partial charge in [0.2, 0.25) is 0 Å². The van der Waals surface area contributed by atoms with E-state index in [1.54, 1.807) is 0 Å². The Morgan fingerprint density at radius 3 is 2.78 bits per heavy atom. The molecule has 1 fully saturated rings. The van der Waals surface area contributed by atoms with Crippen LogP contribution in [0.15, 0.2) is 34.9 Å². The number of epoxide rings is 1. The number of hydrogen-bond acceptors (Lipinski definition) is 3. The second kappa shape index (κ2) is 6.19. The minimum Gasteiger partial charge on any atom is -0.386 e. The Balaban J connectivity index is 1.80. The molecule has 3 heteroatoms. The molecule has 4 unspecified atom stereocenters. The van der Waals surface area contributed by atoms with Crippen molar-refractivity contribution in [1.82, 2.24) is 0 Å². The van der Waals surface area contributed by atoms with Crippen LogP contribution in [-0.4, -0.2) is 35.1 Å². The summed E-state index contributed by atoms with van der Waals surface area (Å²) in [6, 6.07) is 0. The van der Waals surface area contributed by atoms with Crippen molar-refractivity contribution in [2.45, 2.75) is 83.2 Å². The van der Waals surface area contributed by atoms with Crippen LogP contribution in [-0.2, 0) is 9.47 Å². The number of ether oxygens (including phenoxy) is 2. The fourth-order valence-electron chi connectivity index (χ4n) is 3.71. The van der Waals surface area contributed by atoms with Crippen molar-refractivity contribution < 1.29 is 14.6 Å². The van der Waals surface area contributed by atoms with E-state index in [0.29, 0.717) is 12.7 Å². The van der Waals surface area contributed by atoms with Gasteiger partial charge in [0, 0.05) is 0 Å². The summed E-state index contributed by atoms with van der Waals surface area (Å²) in [4.78, 5) is 0. The molecule has 1 aliphatic carbocycles. The SMILES string of the molecule is CC1=C2CCC(C)(O)/C=C/CC3(C)OC3CC/C(C)=C/C2OC1. The molecule has 0 aromatic rings. The third-order valence-corrected chi connectivity index (χ3v) is 5.54. The van der Waals surface area contributed by atoms with E-state index in [4.69, 9.17) is 9.47 Å². The Hall–Kier alpha value is -0.900. The highest BCUT2D eigenvalue weighted by Crippen LogP contribution is 2.43. The zero-order chi connectivity index (χ0) is 16.7. The molecule has 3 rings (SSSR count). The van der Waals surface area contributed by atoms with Gasteiger partial charge in [-0.2, -0.15) is 0 Å². The predicted molar refractivity (Wildman–Crippen MR) is 92.3 cm³/mol. The summed E-state index contributed by atoms with van der Waals surface area (Å²) >= 11 is 0. The summed E-state index contributed by atoms with van der Waals surface area (Å²) < 4.78 is 11.8. The molecule has 3 nitrogen and oxygen atoms in total. The van der Waals surface area contributed by atoms with E-state index in [1.165, 1.54) is 16.7 Å². The molecule has 0 aromatic carbocycles. The van der Waals surface area contributed by atoms with E-state index in [9.17, 15) is 5.11 Å². The molecule has 1 saturated heterocycles. The molecule has 0 amide bonds. The van der Waals surface area contributed by atoms with E-state index in [2.05, 4.69) is 32.9 Å². The van der Waals surface area contributed by atoms with Crippen LogP contribution in [0.1, 0.15) is 59.8 Å². The Morgan fingerprint density at radius 2 is 2.00 bits per heavy atom. The normalized spacial score (nSPS) is 45.5. The predicted octanol–water partition coefficient (Wildman–Crippen LogP) is 4.08. The quantitative estimate of drug-likeness (QED) is 0.540. The Bertz CT molecular complexity index is 555. The molecular weight excluding hydrogens is 288 g/mol. The Kier molecular flexibility index (Phi) is 4.56. The number of allylic oxidation sites excluding steroid dienone is 1. The Morgan fingerprint density at radius 1 is 1.22 bits per heavy atom. The molecule has 3 aliphatic rings. The lowest BCUT2D eigenvalue weighted by molar-refractivity contribution is 0.0985. The molecule has 2 aliphatic heterocycles. The molecule has 0 spiro atoms. The average molecular weight is 318 g/mol. The standard InChI is InChI=1S/C20H30O3/c1-14-6-7-18-20(4,23-18)10-5-9-19(3,21)11-8-16-15(2)13-22-17(16)12-14/h5,9,12,17-18,21H,6-8,10-11,13H2,1-4H3/b9-5+,14-12+. The van der Waals surface area contributed by atoms with Crippen LogP contribution in [0.25, 0.3) is 0 Å². The number of hydrogen-bond donors (Lipinski definition) is 1. The third-order valence-electron chi connectivity index (χ3n) is 5.54. The van der Waals surface area contributed by atoms with Gasteiger partial charge in [0.15, 0.2) is 0 Å². The maximum absolute atomic E-state index is 10.6. The number of rotatable bonds is 0. The second-order valence-electron chi connectivity index (χ2n) is 7.97. The lowest BCUT2D eigenvalue weighted by Crippen LogP contribution is -2.22. The van der Waals surface area contributed by atoms with Crippen LogP contribution in [0.4, 0.5) is 0 Å². The van der Waals surface area contributed by atoms with Crippen LogP contribution < -0.4 is 0 Å². The summed E-state index contributed by atoms with van der Waals surface area (Å²) in [6.45, 7) is 9.12. The first-order valence-electron chi connectivity index (χ1n) is 8.84. The minimum absolute atomic E-state index is 0.0392. The number of fused-ring (bicyclic) bond motifs is 2. The van der Waals surface area contributed by atoms with Gasteiger partial charge < -0.3 is 14.6 Å². The van der Waals surface area contributed by atoms with E-state index in [-0.39, 0.29) is 11.7 Å². The average Bonchev–Trinajstić information content (AvgIpc) is 2.98. The second-order valence-corrected chi connectivity index (χ2v) is 7.97. The highest BCUT2D eigenvalue weighted by atomic mass is 16.6. The summed E-state index contributed by atoms with van der Waals surface area (Å²) in [5, 5.41) is 10.6. The first-order valence-corrected chi connectivity index (χ1v) is 8.84. The van der Waals surface area contributed by atoms with E-state index in [0.717, 1.165) is 32.1 Å². The van der Waals surface area contributed by atoms with Crippen molar-refractivity contribution in [3.63, 3.8) is 0 Å². The monoisotopic (exact) mass is 318 g/mol. The molecule has 4 atom stereocenters. The van der Waals surface area contributed by atoms with Gasteiger partial charge in [-0.05, 0) is 70.9 Å². The summed E-state index contributed by atoms with van der Waals surface area (Å²) in [5.41, 5.74) is 3.23. The molecule has 128 valence electrons. The lowest BCUT2D eigenvalue weighted by Gasteiger charge is -2.21. The van der Waals surface area contributed by atoms with Gasteiger partial charge in [-0.15, -0.1) is 0 Å². The minimum atomic E-state index is -0.774. The van der Waals surface area contributed by atoms with Gasteiger partial charge in [0.1, 0.15) is 0 Å². The van der Waals surface area contributed by atoms with Crippen molar-refractivity contribution in [3.05, 3.63) is 34.9 Å². The zero-order valence-corrected chi connectivity index (χ0v) is 14.9. The first kappa shape index (κ1) is 16.9. The van der Waals surface area contributed by atoms with Crippen LogP contribution in [0.5, 0.6) is 0 Å². The van der Waals surface area contributed by atoms with Gasteiger partial charge in [-0.1, -0.05) is 23.8 Å². The molecule has 23 heavy (non-hydrogen) atoms. The molecule has 0 bridgehead atoms. The van der Waals surface area contributed by atoms with Gasteiger partial charge in [-0.25, -0.2) is 0 Å². The first-order chi connectivity index (χ1) is 10.8. The van der Waals surface area contributed by atoms with E-state index < -0.39 is 5.60 Å². The molecular formula is C20H30O3. The molecule has 0 saturated carbocycles. The molecule has 1 N–H and O–H groups in total. The van der Waals surface area contributed by atoms with Gasteiger partial charge in [0.05, 0.1) is 30.0 Å². The van der Waals surface area contributed by atoms with Crippen molar-refractivity contribution in [2.24, 2.45) is 0 Å². The largest absolute Gasteiger partial charge is 0.386 e. The number of aliphatic hydroxyl groups is 1. The van der Waals surface area contributed by atoms with Crippen molar-refractivity contribution in [1.29, 1.82) is 0 Å². The fourth-order valence-corrected chi connectivity index (χ4v) is 3.71. The van der Waals surface area contributed by atoms with Crippen molar-refractivity contribution in [2.75, 3.05) is 6.61 Å². The van der Waals surface area contributed by atoms with Crippen molar-refractivity contribution >= 4 is 0 Å². The maximum atomic E-state index is 10.6. The fraction of sp³-hybridized carbons (Fsp3) is 0.700. The third kappa shape index (κ3) is 3.96. The molecule has 0 aromatic heterocycles. The topological polar surface area (TPSA) is 42.0 Å². The van der Waals surface area contributed by atoms with Crippen LogP contribution in [0, 0.1) is 0 Å².